The number of nitrogens with one attached hydrogen (secondary N) is 1. The third kappa shape index (κ3) is 4.22. The number of pyridine rings is 2. The Labute approximate surface area is 169 Å². The second-order valence-electron chi connectivity index (χ2n) is 7.17. The van der Waals surface area contributed by atoms with Crippen LogP contribution in [0.25, 0.3) is 0 Å². The highest BCUT2D eigenvalue weighted by atomic mass is 16.5. The number of hydrogen-bond acceptors (Lipinski definition) is 6. The lowest BCUT2D eigenvalue weighted by atomic mass is 10.1. The molecule has 2 aromatic rings. The number of carbonyl (C=O) groups is 2. The van der Waals surface area contributed by atoms with Gasteiger partial charge in [-0.1, -0.05) is 6.07 Å². The highest BCUT2D eigenvalue weighted by Gasteiger charge is 2.30. The Bertz CT molecular complexity index is 897. The quantitative estimate of drug-likeness (QED) is 0.762. The summed E-state index contributed by atoms with van der Waals surface area (Å²) in [7, 11) is 1.54. The Hall–Kier alpha value is -3.00. The summed E-state index contributed by atoms with van der Waals surface area (Å²) >= 11 is 0. The predicted molar refractivity (Wildman–Crippen MR) is 104 cm³/mol. The molecule has 152 valence electrons. The Balaban J connectivity index is 1.43. The fourth-order valence-corrected chi connectivity index (χ4v) is 3.66. The van der Waals surface area contributed by atoms with Crippen LogP contribution in [-0.2, 0) is 29.0 Å². The molecule has 1 fully saturated rings. The van der Waals surface area contributed by atoms with E-state index in [1.807, 2.05) is 18.2 Å². The molecule has 8 nitrogen and oxygen atoms in total. The van der Waals surface area contributed by atoms with Crippen molar-refractivity contribution in [2.45, 2.75) is 38.5 Å². The number of nitrogens with zero attached hydrogens (tertiary/aromatic N) is 3. The van der Waals surface area contributed by atoms with Gasteiger partial charge in [-0.3, -0.25) is 14.6 Å². The molecule has 8 heteroatoms. The van der Waals surface area contributed by atoms with Crippen LogP contribution in [0.3, 0.4) is 0 Å². The van der Waals surface area contributed by atoms with Crippen molar-refractivity contribution in [2.75, 3.05) is 20.3 Å². The normalized spacial score (nSPS) is 18.0. The maximum Gasteiger partial charge on any atom is 0.256 e. The number of carbonyl (C=O) groups excluding carboxylic acids is 2. The lowest BCUT2D eigenvalue weighted by Gasteiger charge is -2.14. The van der Waals surface area contributed by atoms with Crippen LogP contribution in [0.5, 0.6) is 5.88 Å². The van der Waals surface area contributed by atoms with Crippen molar-refractivity contribution in [1.82, 2.24) is 20.2 Å². The molecule has 1 N–H and O–H groups in total. The van der Waals surface area contributed by atoms with Crippen molar-refractivity contribution in [2.24, 2.45) is 0 Å². The number of fused-ring (bicyclic) bond motifs is 1. The first-order chi connectivity index (χ1) is 14.2. The van der Waals surface area contributed by atoms with Gasteiger partial charge < -0.3 is 19.7 Å². The number of rotatable bonds is 7. The highest BCUT2D eigenvalue weighted by Crippen LogP contribution is 2.27. The number of hydrogen-bond donors (Lipinski definition) is 1. The third-order valence-corrected chi connectivity index (χ3v) is 5.23. The fourth-order valence-electron chi connectivity index (χ4n) is 3.66. The van der Waals surface area contributed by atoms with Crippen LogP contribution < -0.4 is 10.1 Å². The second kappa shape index (κ2) is 8.57. The number of aromatic nitrogens is 2. The Kier molecular flexibility index (Phi) is 5.71. The van der Waals surface area contributed by atoms with E-state index in [1.165, 1.54) is 7.11 Å². The first-order valence-corrected chi connectivity index (χ1v) is 9.81. The van der Waals surface area contributed by atoms with Crippen molar-refractivity contribution in [1.29, 1.82) is 0 Å². The molecule has 0 aliphatic carbocycles. The van der Waals surface area contributed by atoms with Crippen molar-refractivity contribution >= 4 is 11.8 Å². The number of amides is 2. The van der Waals surface area contributed by atoms with Crippen molar-refractivity contribution in [3.05, 3.63) is 53.0 Å². The van der Waals surface area contributed by atoms with Gasteiger partial charge >= 0.3 is 0 Å². The van der Waals surface area contributed by atoms with Gasteiger partial charge in [-0.25, -0.2) is 4.98 Å². The summed E-state index contributed by atoms with van der Waals surface area (Å²) in [6.45, 7) is 1.87. The molecule has 4 heterocycles. The van der Waals surface area contributed by atoms with E-state index in [4.69, 9.17) is 9.47 Å². The molecule has 1 saturated heterocycles. The average molecular weight is 396 g/mol. The molecule has 1 atom stereocenters. The first kappa shape index (κ1) is 19.3. The van der Waals surface area contributed by atoms with E-state index in [0.29, 0.717) is 48.8 Å². The zero-order valence-electron chi connectivity index (χ0n) is 16.4. The van der Waals surface area contributed by atoms with E-state index in [9.17, 15) is 9.59 Å². The van der Waals surface area contributed by atoms with Gasteiger partial charge in [0.15, 0.2) is 0 Å². The van der Waals surface area contributed by atoms with E-state index in [2.05, 4.69) is 15.3 Å². The number of ether oxygens (including phenoxy) is 2. The predicted octanol–water partition coefficient (Wildman–Crippen LogP) is 1.48. The SMILES string of the molecule is COc1nc2c(cc1CNC(=O)[C@@H]1CCCO1)C(=O)N(CCc1ccccn1)C2. The van der Waals surface area contributed by atoms with E-state index in [-0.39, 0.29) is 18.4 Å². The summed E-state index contributed by atoms with van der Waals surface area (Å²) in [6.07, 6.45) is 3.66. The van der Waals surface area contributed by atoms with Gasteiger partial charge in [-0.15, -0.1) is 0 Å². The molecule has 0 radical (unpaired) electrons. The van der Waals surface area contributed by atoms with Gasteiger partial charge in [0.25, 0.3) is 5.91 Å². The van der Waals surface area contributed by atoms with Crippen molar-refractivity contribution < 1.29 is 19.1 Å². The van der Waals surface area contributed by atoms with Gasteiger partial charge in [0.2, 0.25) is 11.8 Å². The molecule has 29 heavy (non-hydrogen) atoms. The van der Waals surface area contributed by atoms with Gasteiger partial charge in [0, 0.05) is 43.6 Å². The maximum atomic E-state index is 12.8. The second-order valence-corrected chi connectivity index (χ2v) is 7.17. The van der Waals surface area contributed by atoms with Crippen LogP contribution in [0.1, 0.15) is 40.2 Å². The molecule has 0 saturated carbocycles. The van der Waals surface area contributed by atoms with E-state index < -0.39 is 6.10 Å². The molecule has 2 aromatic heterocycles. The summed E-state index contributed by atoms with van der Waals surface area (Å²) in [6, 6.07) is 7.53. The Morgan fingerprint density at radius 1 is 1.41 bits per heavy atom. The minimum Gasteiger partial charge on any atom is -0.481 e. The summed E-state index contributed by atoms with van der Waals surface area (Å²) < 4.78 is 10.8. The van der Waals surface area contributed by atoms with Crippen molar-refractivity contribution in [3.63, 3.8) is 0 Å². The molecule has 2 amide bonds. The maximum absolute atomic E-state index is 12.8. The Morgan fingerprint density at radius 2 is 2.31 bits per heavy atom. The van der Waals surface area contributed by atoms with Crippen LogP contribution in [0.15, 0.2) is 30.5 Å². The lowest BCUT2D eigenvalue weighted by Crippen LogP contribution is -2.33. The van der Waals surface area contributed by atoms with Gasteiger partial charge in [-0.05, 0) is 31.0 Å². The standard InChI is InChI=1S/C21H24N4O4/c1-28-20-14(12-23-19(26)18-6-4-10-29-18)11-16-17(24-20)13-25(21(16)27)9-7-15-5-2-3-8-22-15/h2-3,5,8,11,18H,4,6-7,9-10,12-13H2,1H3,(H,23,26)/t18-/m0/s1. The molecule has 0 unspecified atom stereocenters. The van der Waals surface area contributed by atoms with Crippen LogP contribution >= 0.6 is 0 Å². The number of methoxy groups -OCH3 is 1. The monoisotopic (exact) mass is 396 g/mol. The lowest BCUT2D eigenvalue weighted by molar-refractivity contribution is -0.130. The van der Waals surface area contributed by atoms with Crippen LogP contribution in [0.2, 0.25) is 0 Å². The van der Waals surface area contributed by atoms with Gasteiger partial charge in [0.05, 0.1) is 24.9 Å². The summed E-state index contributed by atoms with van der Waals surface area (Å²) in [5.41, 5.74) is 2.88. The molecular weight excluding hydrogens is 372 g/mol. The van der Waals surface area contributed by atoms with Gasteiger partial charge in [0.1, 0.15) is 6.10 Å². The van der Waals surface area contributed by atoms with Crippen LogP contribution in [0.4, 0.5) is 0 Å². The van der Waals surface area contributed by atoms with E-state index in [1.54, 1.807) is 17.2 Å². The van der Waals surface area contributed by atoms with Crippen LogP contribution in [-0.4, -0.2) is 53.0 Å². The molecule has 0 bridgehead atoms. The Morgan fingerprint density at radius 3 is 3.03 bits per heavy atom. The van der Waals surface area contributed by atoms with Gasteiger partial charge in [-0.2, -0.15) is 0 Å². The summed E-state index contributed by atoms with van der Waals surface area (Å²) in [5.74, 6) is 0.224. The highest BCUT2D eigenvalue weighted by molar-refractivity contribution is 5.98. The first-order valence-electron chi connectivity index (χ1n) is 9.81. The van der Waals surface area contributed by atoms with E-state index >= 15 is 0 Å². The largest absolute Gasteiger partial charge is 0.481 e. The van der Waals surface area contributed by atoms with Crippen molar-refractivity contribution in [3.8, 4) is 5.88 Å². The molecular formula is C21H24N4O4. The smallest absolute Gasteiger partial charge is 0.256 e. The molecule has 2 aliphatic heterocycles. The van der Waals surface area contributed by atoms with E-state index in [0.717, 1.165) is 18.5 Å². The third-order valence-electron chi connectivity index (χ3n) is 5.23. The topological polar surface area (TPSA) is 93.7 Å². The zero-order chi connectivity index (χ0) is 20.2. The molecule has 4 rings (SSSR count). The average Bonchev–Trinajstić information content (AvgIpc) is 3.39. The molecule has 2 aliphatic rings. The minimum atomic E-state index is -0.396. The zero-order valence-corrected chi connectivity index (χ0v) is 16.4. The summed E-state index contributed by atoms with van der Waals surface area (Å²) in [4.78, 5) is 35.6. The molecule has 0 aromatic carbocycles. The molecule has 0 spiro atoms. The fraction of sp³-hybridized carbons (Fsp3) is 0.429. The summed E-state index contributed by atoms with van der Waals surface area (Å²) in [5, 5.41) is 2.86. The van der Waals surface area contributed by atoms with Crippen LogP contribution in [0, 0.1) is 0 Å². The minimum absolute atomic E-state index is 0.0576.